The van der Waals surface area contributed by atoms with Gasteiger partial charge in [-0.2, -0.15) is 0 Å². The van der Waals surface area contributed by atoms with Gasteiger partial charge in [-0.3, -0.25) is 0 Å². The van der Waals surface area contributed by atoms with E-state index in [9.17, 15) is 0 Å². The summed E-state index contributed by atoms with van der Waals surface area (Å²) in [5.41, 5.74) is 3.39. The quantitative estimate of drug-likeness (QED) is 0.778. The Hall–Kier alpha value is -1.60. The Morgan fingerprint density at radius 2 is 1.35 bits per heavy atom. The minimum absolute atomic E-state index is 0.0392. The number of hydrogen-bond acceptors (Lipinski definition) is 6. The highest BCUT2D eigenvalue weighted by Crippen LogP contribution is 2.30. The molecule has 3 rings (SSSR count). The van der Waals surface area contributed by atoms with Crippen LogP contribution in [-0.2, 0) is 13.2 Å². The van der Waals surface area contributed by atoms with Gasteiger partial charge in [-0.15, -0.1) is 22.7 Å². The van der Waals surface area contributed by atoms with Gasteiger partial charge in [0, 0.05) is 21.9 Å². The minimum atomic E-state index is -0.0392. The third-order valence-electron chi connectivity index (χ3n) is 2.78. The average molecular weight is 304 g/mol. The SMILES string of the molecule is OCc1csc(-c2cccc(-c3nc(CO)cs3)c2)n1. The number of nitrogens with zero attached hydrogens (tertiary/aromatic N) is 2. The summed E-state index contributed by atoms with van der Waals surface area (Å²) in [7, 11) is 0. The molecule has 0 atom stereocenters. The molecule has 20 heavy (non-hydrogen) atoms. The number of aliphatic hydroxyl groups is 2. The molecule has 0 spiro atoms. The molecule has 0 fully saturated rings. The van der Waals surface area contributed by atoms with Crippen LogP contribution in [0.25, 0.3) is 21.1 Å². The molecule has 6 heteroatoms. The van der Waals surface area contributed by atoms with E-state index in [-0.39, 0.29) is 13.2 Å². The highest BCUT2D eigenvalue weighted by molar-refractivity contribution is 7.13. The van der Waals surface area contributed by atoms with Crippen LogP contribution in [0.3, 0.4) is 0 Å². The molecule has 0 amide bonds. The number of thiazole rings is 2. The number of aliphatic hydroxyl groups excluding tert-OH is 2. The zero-order chi connectivity index (χ0) is 13.9. The van der Waals surface area contributed by atoms with E-state index in [0.29, 0.717) is 11.4 Å². The van der Waals surface area contributed by atoms with Crippen molar-refractivity contribution in [1.82, 2.24) is 9.97 Å². The third kappa shape index (κ3) is 2.64. The Labute approximate surface area is 124 Å². The van der Waals surface area contributed by atoms with E-state index in [1.165, 1.54) is 22.7 Å². The fourth-order valence-corrected chi connectivity index (χ4v) is 3.43. The van der Waals surface area contributed by atoms with E-state index >= 15 is 0 Å². The van der Waals surface area contributed by atoms with Gasteiger partial charge in [0.2, 0.25) is 0 Å². The first kappa shape index (κ1) is 13.4. The minimum Gasteiger partial charge on any atom is -0.390 e. The molecule has 0 aliphatic rings. The van der Waals surface area contributed by atoms with Crippen molar-refractivity contribution in [3.8, 4) is 21.1 Å². The molecule has 0 unspecified atom stereocenters. The van der Waals surface area contributed by atoms with Crippen LogP contribution in [0.15, 0.2) is 35.0 Å². The first-order valence-electron chi connectivity index (χ1n) is 6.01. The van der Waals surface area contributed by atoms with Crippen LogP contribution in [0.1, 0.15) is 11.4 Å². The first-order chi connectivity index (χ1) is 9.80. The summed E-state index contributed by atoms with van der Waals surface area (Å²) in [5, 5.41) is 23.6. The highest BCUT2D eigenvalue weighted by atomic mass is 32.1. The summed E-state index contributed by atoms with van der Waals surface area (Å²) >= 11 is 3.03. The molecule has 0 radical (unpaired) electrons. The summed E-state index contributed by atoms with van der Waals surface area (Å²) in [6.07, 6.45) is 0. The summed E-state index contributed by atoms with van der Waals surface area (Å²) in [6, 6.07) is 7.97. The average Bonchev–Trinajstić information content (AvgIpc) is 3.16. The summed E-state index contributed by atoms with van der Waals surface area (Å²) in [4.78, 5) is 8.73. The normalized spacial score (nSPS) is 10.9. The Morgan fingerprint density at radius 3 is 1.75 bits per heavy atom. The molecule has 0 saturated heterocycles. The van der Waals surface area contributed by atoms with Crippen LogP contribution in [0.2, 0.25) is 0 Å². The van der Waals surface area contributed by atoms with Crippen LogP contribution in [-0.4, -0.2) is 20.2 Å². The van der Waals surface area contributed by atoms with Crippen molar-refractivity contribution in [1.29, 1.82) is 0 Å². The number of rotatable bonds is 4. The lowest BCUT2D eigenvalue weighted by Crippen LogP contribution is -1.85. The Bertz CT molecular complexity index is 664. The lowest BCUT2D eigenvalue weighted by molar-refractivity contribution is 0.277. The van der Waals surface area contributed by atoms with Gasteiger partial charge in [0.1, 0.15) is 10.0 Å². The Morgan fingerprint density at radius 1 is 0.850 bits per heavy atom. The molecule has 2 aromatic heterocycles. The maximum Gasteiger partial charge on any atom is 0.123 e. The molecule has 4 nitrogen and oxygen atoms in total. The van der Waals surface area contributed by atoms with Crippen molar-refractivity contribution < 1.29 is 10.2 Å². The van der Waals surface area contributed by atoms with E-state index in [4.69, 9.17) is 10.2 Å². The van der Waals surface area contributed by atoms with E-state index in [1.807, 2.05) is 35.0 Å². The van der Waals surface area contributed by atoms with Crippen LogP contribution >= 0.6 is 22.7 Å². The summed E-state index contributed by atoms with van der Waals surface area (Å²) in [5.74, 6) is 0. The zero-order valence-electron chi connectivity index (χ0n) is 10.5. The Kier molecular flexibility index (Phi) is 3.88. The summed E-state index contributed by atoms with van der Waals surface area (Å²) in [6.45, 7) is -0.0783. The van der Waals surface area contributed by atoms with Crippen molar-refractivity contribution in [3.63, 3.8) is 0 Å². The van der Waals surface area contributed by atoms with Gasteiger partial charge in [-0.05, 0) is 6.07 Å². The second kappa shape index (κ2) is 5.80. The molecular formula is C14H12N2O2S2. The fourth-order valence-electron chi connectivity index (χ4n) is 1.81. The lowest BCUT2D eigenvalue weighted by atomic mass is 10.1. The van der Waals surface area contributed by atoms with E-state index in [1.54, 1.807) is 0 Å². The van der Waals surface area contributed by atoms with E-state index < -0.39 is 0 Å². The molecular weight excluding hydrogens is 292 g/mol. The number of benzene rings is 1. The predicted octanol–water partition coefficient (Wildman–Crippen LogP) is 2.92. The van der Waals surface area contributed by atoms with Gasteiger partial charge in [0.05, 0.1) is 24.6 Å². The molecule has 0 bridgehead atoms. The molecule has 102 valence electrons. The topological polar surface area (TPSA) is 66.2 Å². The van der Waals surface area contributed by atoms with E-state index in [2.05, 4.69) is 9.97 Å². The van der Waals surface area contributed by atoms with Crippen LogP contribution in [0.4, 0.5) is 0 Å². The highest BCUT2D eigenvalue weighted by Gasteiger charge is 2.08. The van der Waals surface area contributed by atoms with Gasteiger partial charge < -0.3 is 10.2 Å². The Balaban J connectivity index is 1.96. The monoisotopic (exact) mass is 304 g/mol. The predicted molar refractivity (Wildman–Crippen MR) is 80.5 cm³/mol. The smallest absolute Gasteiger partial charge is 0.123 e. The molecule has 0 aliphatic heterocycles. The molecule has 0 saturated carbocycles. The molecule has 1 aromatic carbocycles. The van der Waals surface area contributed by atoms with Gasteiger partial charge in [-0.1, -0.05) is 18.2 Å². The summed E-state index contributed by atoms with van der Waals surface area (Å²) < 4.78 is 0. The van der Waals surface area contributed by atoms with E-state index in [0.717, 1.165) is 21.1 Å². The van der Waals surface area contributed by atoms with Gasteiger partial charge in [0.15, 0.2) is 0 Å². The zero-order valence-corrected chi connectivity index (χ0v) is 12.1. The lowest BCUT2D eigenvalue weighted by Gasteiger charge is -2.00. The van der Waals surface area contributed by atoms with Gasteiger partial charge in [-0.25, -0.2) is 9.97 Å². The fraction of sp³-hybridized carbons (Fsp3) is 0.143. The van der Waals surface area contributed by atoms with Crippen LogP contribution in [0, 0.1) is 0 Å². The maximum absolute atomic E-state index is 9.07. The molecule has 3 aromatic rings. The van der Waals surface area contributed by atoms with Crippen molar-refractivity contribution >= 4 is 22.7 Å². The second-order valence-electron chi connectivity index (χ2n) is 4.19. The third-order valence-corrected chi connectivity index (χ3v) is 4.66. The second-order valence-corrected chi connectivity index (χ2v) is 5.90. The van der Waals surface area contributed by atoms with Crippen molar-refractivity contribution in [2.45, 2.75) is 13.2 Å². The standard InChI is InChI=1S/C14H12N2O2S2/c17-5-11-7-19-13(15-11)9-2-1-3-10(4-9)14-16-12(6-18)8-20-14/h1-4,7-8,17-18H,5-6H2. The van der Waals surface area contributed by atoms with Crippen molar-refractivity contribution in [3.05, 3.63) is 46.4 Å². The van der Waals surface area contributed by atoms with Gasteiger partial charge >= 0.3 is 0 Å². The molecule has 2 heterocycles. The van der Waals surface area contributed by atoms with Crippen LogP contribution in [0.5, 0.6) is 0 Å². The first-order valence-corrected chi connectivity index (χ1v) is 7.77. The van der Waals surface area contributed by atoms with Crippen LogP contribution < -0.4 is 0 Å². The van der Waals surface area contributed by atoms with Gasteiger partial charge in [0.25, 0.3) is 0 Å². The molecule has 2 N–H and O–H groups in total. The maximum atomic E-state index is 9.07. The van der Waals surface area contributed by atoms with Crippen molar-refractivity contribution in [2.24, 2.45) is 0 Å². The number of hydrogen-bond donors (Lipinski definition) is 2. The largest absolute Gasteiger partial charge is 0.390 e. The molecule has 0 aliphatic carbocycles. The van der Waals surface area contributed by atoms with Crippen molar-refractivity contribution in [2.75, 3.05) is 0 Å². The number of aromatic nitrogens is 2.